The van der Waals surface area contributed by atoms with Crippen molar-refractivity contribution in [2.75, 3.05) is 0 Å². The molecule has 0 radical (unpaired) electrons. The fraction of sp³-hybridized carbons (Fsp3) is 0.417. The number of nitriles is 1. The molecule has 0 spiro atoms. The third-order valence-electron chi connectivity index (χ3n) is 2.92. The molecule has 0 saturated carbocycles. The molecule has 104 valence electrons. The first kappa shape index (κ1) is 16.4. The van der Waals surface area contributed by atoms with Crippen LogP contribution >= 0.6 is 27.5 Å². The Hall–Kier alpha value is -0.610. The molecule has 1 aromatic rings. The maximum Gasteiger partial charge on any atom is 0.243 e. The molecule has 19 heavy (non-hydrogen) atoms. The van der Waals surface area contributed by atoms with E-state index in [1.165, 1.54) is 12.1 Å². The smallest absolute Gasteiger partial charge is 0.207 e. The summed E-state index contributed by atoms with van der Waals surface area (Å²) in [5, 5.41) is 9.26. The maximum atomic E-state index is 12.3. The van der Waals surface area contributed by atoms with E-state index in [9.17, 15) is 8.42 Å². The van der Waals surface area contributed by atoms with Crippen molar-refractivity contribution < 1.29 is 8.42 Å². The van der Waals surface area contributed by atoms with E-state index in [4.69, 9.17) is 16.9 Å². The highest BCUT2D eigenvalue weighted by atomic mass is 79.9. The van der Waals surface area contributed by atoms with Crippen LogP contribution in [0.25, 0.3) is 0 Å². The summed E-state index contributed by atoms with van der Waals surface area (Å²) in [6.45, 7) is 5.09. The lowest BCUT2D eigenvalue weighted by atomic mass is 9.92. The van der Waals surface area contributed by atoms with Crippen LogP contribution in [0.4, 0.5) is 0 Å². The van der Waals surface area contributed by atoms with Gasteiger partial charge in [0.1, 0.15) is 10.4 Å². The molecule has 7 heteroatoms. The van der Waals surface area contributed by atoms with Crippen LogP contribution in [0.5, 0.6) is 0 Å². The molecule has 0 bridgehead atoms. The molecule has 1 atom stereocenters. The normalized spacial score (nSPS) is 15.0. The summed E-state index contributed by atoms with van der Waals surface area (Å²) in [6.07, 6.45) is 0. The summed E-state index contributed by atoms with van der Waals surface area (Å²) >= 11 is 9.14. The monoisotopic (exact) mass is 364 g/mol. The van der Waals surface area contributed by atoms with Crippen LogP contribution in [-0.4, -0.2) is 14.0 Å². The average molecular weight is 366 g/mol. The summed E-state index contributed by atoms with van der Waals surface area (Å²) in [4.78, 5) is -0.0421. The molecule has 4 nitrogen and oxygen atoms in total. The van der Waals surface area contributed by atoms with Gasteiger partial charge in [-0.15, -0.1) is 0 Å². The first-order chi connectivity index (χ1) is 8.62. The quantitative estimate of drug-likeness (QED) is 0.890. The number of nitrogens with one attached hydrogen (secondary N) is 1. The Morgan fingerprint density at radius 3 is 2.47 bits per heavy atom. The summed E-state index contributed by atoms with van der Waals surface area (Å²) in [5.74, 6) is -0.179. The molecule has 1 rings (SSSR count). The highest BCUT2D eigenvalue weighted by Crippen LogP contribution is 2.27. The minimum atomic E-state index is -3.85. The minimum Gasteiger partial charge on any atom is -0.207 e. The molecule has 0 aliphatic heterocycles. The Labute approximate surface area is 126 Å². The first-order valence-corrected chi connectivity index (χ1v) is 8.18. The van der Waals surface area contributed by atoms with E-state index >= 15 is 0 Å². The summed E-state index contributed by atoms with van der Waals surface area (Å²) < 4.78 is 27.7. The molecule has 0 saturated heterocycles. The van der Waals surface area contributed by atoms with E-state index in [-0.39, 0.29) is 15.8 Å². The van der Waals surface area contributed by atoms with Gasteiger partial charge in [0.25, 0.3) is 0 Å². The van der Waals surface area contributed by atoms with Crippen molar-refractivity contribution in [1.29, 1.82) is 5.26 Å². The van der Waals surface area contributed by atoms with E-state index in [1.54, 1.807) is 26.8 Å². The van der Waals surface area contributed by atoms with Gasteiger partial charge >= 0.3 is 0 Å². The van der Waals surface area contributed by atoms with E-state index in [0.29, 0.717) is 4.47 Å². The van der Waals surface area contributed by atoms with Crippen LogP contribution in [0.15, 0.2) is 27.6 Å². The van der Waals surface area contributed by atoms with Crippen molar-refractivity contribution in [2.45, 2.75) is 31.2 Å². The molecule has 1 N–H and O–H groups in total. The zero-order chi connectivity index (χ0) is 14.8. The number of nitrogens with zero attached hydrogens (tertiary/aromatic N) is 1. The average Bonchev–Trinajstić information content (AvgIpc) is 2.27. The topological polar surface area (TPSA) is 70.0 Å². The number of benzene rings is 1. The van der Waals surface area contributed by atoms with Crippen molar-refractivity contribution in [3.8, 4) is 6.07 Å². The lowest BCUT2D eigenvalue weighted by molar-refractivity contribution is 0.389. The fourth-order valence-corrected chi connectivity index (χ4v) is 3.79. The number of hydrogen-bond donors (Lipinski definition) is 1. The number of rotatable bonds is 4. The predicted octanol–water partition coefficient (Wildman–Crippen LogP) is 3.32. The number of sulfonamides is 1. The van der Waals surface area contributed by atoms with Gasteiger partial charge in [-0.1, -0.05) is 41.4 Å². The molecule has 1 aromatic carbocycles. The molecule has 0 aliphatic carbocycles. The van der Waals surface area contributed by atoms with Crippen LogP contribution in [0.2, 0.25) is 5.02 Å². The van der Waals surface area contributed by atoms with Crippen LogP contribution < -0.4 is 4.72 Å². The number of halogens is 2. The van der Waals surface area contributed by atoms with E-state index in [2.05, 4.69) is 20.7 Å². The molecular weight excluding hydrogens is 352 g/mol. The van der Waals surface area contributed by atoms with Gasteiger partial charge in [-0.3, -0.25) is 0 Å². The predicted molar refractivity (Wildman–Crippen MR) is 78.3 cm³/mol. The van der Waals surface area contributed by atoms with Crippen LogP contribution in [0.1, 0.15) is 20.8 Å². The molecule has 0 aliphatic rings. The third kappa shape index (κ3) is 3.69. The van der Waals surface area contributed by atoms with E-state index in [1.807, 2.05) is 6.07 Å². The zero-order valence-electron chi connectivity index (χ0n) is 10.7. The van der Waals surface area contributed by atoms with Gasteiger partial charge < -0.3 is 0 Å². The Bertz CT molecular complexity index is 625. The minimum absolute atomic E-state index is 0.0421. The van der Waals surface area contributed by atoms with Crippen molar-refractivity contribution >= 4 is 37.6 Å². The van der Waals surface area contributed by atoms with Gasteiger partial charge in [0, 0.05) is 4.47 Å². The molecule has 0 heterocycles. The van der Waals surface area contributed by atoms with Gasteiger partial charge in [0.15, 0.2) is 0 Å². The largest absolute Gasteiger partial charge is 0.243 e. The standard InChI is InChI=1S/C12H14BrClN2O2S/c1-8(2)12(3,7-15)16-19(17,18)11-5-4-9(13)6-10(11)14/h4-6,8,16H,1-3H3/t12-/m0/s1. The fourth-order valence-electron chi connectivity index (χ4n) is 1.30. The van der Waals surface area contributed by atoms with Crippen molar-refractivity contribution in [3.05, 3.63) is 27.7 Å². The molecule has 0 unspecified atom stereocenters. The van der Waals surface area contributed by atoms with Gasteiger partial charge in [-0.05, 0) is 31.0 Å². The van der Waals surface area contributed by atoms with E-state index in [0.717, 1.165) is 0 Å². The summed E-state index contributed by atoms with van der Waals surface area (Å²) in [7, 11) is -3.85. The van der Waals surface area contributed by atoms with Crippen LogP contribution in [0.3, 0.4) is 0 Å². The highest BCUT2D eigenvalue weighted by Gasteiger charge is 2.34. The van der Waals surface area contributed by atoms with Crippen LogP contribution in [0, 0.1) is 17.2 Å². The molecule has 0 amide bonds. The molecule has 0 fully saturated rings. The van der Waals surface area contributed by atoms with Crippen LogP contribution in [-0.2, 0) is 10.0 Å². The third-order valence-corrected chi connectivity index (χ3v) is 5.46. The van der Waals surface area contributed by atoms with Crippen molar-refractivity contribution in [3.63, 3.8) is 0 Å². The molecule has 0 aromatic heterocycles. The summed E-state index contributed by atoms with van der Waals surface area (Å²) in [6, 6.07) is 6.47. The second-order valence-electron chi connectivity index (χ2n) is 4.65. The van der Waals surface area contributed by atoms with Gasteiger partial charge in [-0.25, -0.2) is 8.42 Å². The van der Waals surface area contributed by atoms with Crippen molar-refractivity contribution in [2.24, 2.45) is 5.92 Å². The second kappa shape index (κ2) is 5.80. The number of hydrogen-bond acceptors (Lipinski definition) is 3. The highest BCUT2D eigenvalue weighted by molar-refractivity contribution is 9.10. The lowest BCUT2D eigenvalue weighted by Gasteiger charge is -2.27. The Balaban J connectivity index is 3.23. The molecular formula is C12H14BrClN2O2S. The Morgan fingerprint density at radius 2 is 2.05 bits per heavy atom. The SMILES string of the molecule is CC(C)[C@](C)(C#N)NS(=O)(=O)c1ccc(Br)cc1Cl. The van der Waals surface area contributed by atoms with Gasteiger partial charge in [-0.2, -0.15) is 9.98 Å². The van der Waals surface area contributed by atoms with Gasteiger partial charge in [0.05, 0.1) is 11.1 Å². The lowest BCUT2D eigenvalue weighted by Crippen LogP contribution is -2.48. The maximum absolute atomic E-state index is 12.3. The zero-order valence-corrected chi connectivity index (χ0v) is 13.9. The van der Waals surface area contributed by atoms with Crippen molar-refractivity contribution in [1.82, 2.24) is 4.72 Å². The second-order valence-corrected chi connectivity index (χ2v) is 7.62. The Kier molecular flexibility index (Phi) is 5.02. The Morgan fingerprint density at radius 1 is 1.47 bits per heavy atom. The van der Waals surface area contributed by atoms with Gasteiger partial charge in [0.2, 0.25) is 10.0 Å². The first-order valence-electron chi connectivity index (χ1n) is 5.52. The van der Waals surface area contributed by atoms with E-state index < -0.39 is 15.6 Å². The summed E-state index contributed by atoms with van der Waals surface area (Å²) in [5.41, 5.74) is -1.19.